The van der Waals surface area contributed by atoms with Crippen LogP contribution in [0.1, 0.15) is 25.7 Å². The number of fused-ring (bicyclic) bond motifs is 1. The van der Waals surface area contributed by atoms with Gasteiger partial charge in [-0.2, -0.15) is 0 Å². The highest BCUT2D eigenvalue weighted by Crippen LogP contribution is 2.35. The molecular weight excluding hydrogens is 402 g/mol. The van der Waals surface area contributed by atoms with Crippen LogP contribution in [-0.4, -0.2) is 59.1 Å². The Morgan fingerprint density at radius 1 is 1.00 bits per heavy atom. The van der Waals surface area contributed by atoms with Crippen LogP contribution in [0.5, 0.6) is 0 Å². The Kier molecular flexibility index (Phi) is 5.67. The Labute approximate surface area is 188 Å². The average Bonchev–Trinajstić information content (AvgIpc) is 3.35. The van der Waals surface area contributed by atoms with E-state index in [1.807, 2.05) is 29.4 Å². The molecule has 0 atom stereocenters. The third-order valence-corrected chi connectivity index (χ3v) is 6.59. The van der Waals surface area contributed by atoms with Gasteiger partial charge in [-0.25, -0.2) is 20.8 Å². The van der Waals surface area contributed by atoms with Crippen LogP contribution in [0.15, 0.2) is 36.7 Å². The van der Waals surface area contributed by atoms with Crippen LogP contribution in [0.25, 0.3) is 10.9 Å². The second-order valence-corrected chi connectivity index (χ2v) is 8.80. The zero-order chi connectivity index (χ0) is 22.1. The van der Waals surface area contributed by atoms with Crippen molar-refractivity contribution in [1.82, 2.24) is 19.9 Å². The molecule has 32 heavy (non-hydrogen) atoms. The number of nitrogens with one attached hydrogen (secondary N) is 1. The maximum atomic E-state index is 6.52. The summed E-state index contributed by atoms with van der Waals surface area (Å²) >= 11 is 0. The fourth-order valence-electron chi connectivity index (χ4n) is 4.62. The number of pyridine rings is 1. The molecule has 1 aromatic carbocycles. The molecule has 1 saturated heterocycles. The monoisotopic (exact) mass is 433 g/mol. The minimum Gasteiger partial charge on any atom is -0.397 e. The molecule has 2 aliphatic rings. The van der Waals surface area contributed by atoms with Crippen molar-refractivity contribution in [2.75, 3.05) is 54.2 Å². The number of likely N-dealkylation sites (N-methyl/N-ethyl adjacent to an activating group) is 1. The van der Waals surface area contributed by atoms with Gasteiger partial charge in [0.25, 0.3) is 0 Å². The number of hydrazine groups is 1. The van der Waals surface area contributed by atoms with E-state index in [4.69, 9.17) is 16.6 Å². The summed E-state index contributed by atoms with van der Waals surface area (Å²) in [4.78, 5) is 18.5. The summed E-state index contributed by atoms with van der Waals surface area (Å²) in [6, 6.07) is 8.16. The summed E-state index contributed by atoms with van der Waals surface area (Å²) in [5.74, 6) is 7.70. The maximum absolute atomic E-state index is 6.52. The Morgan fingerprint density at radius 3 is 2.50 bits per heavy atom. The van der Waals surface area contributed by atoms with E-state index >= 15 is 0 Å². The predicted molar refractivity (Wildman–Crippen MR) is 130 cm³/mol. The number of hydrogen-bond acceptors (Lipinski definition) is 9. The van der Waals surface area contributed by atoms with Gasteiger partial charge in [0.1, 0.15) is 17.0 Å². The molecule has 5 rings (SSSR count). The van der Waals surface area contributed by atoms with Gasteiger partial charge >= 0.3 is 0 Å². The molecule has 3 heterocycles. The summed E-state index contributed by atoms with van der Waals surface area (Å²) in [7, 11) is 2.16. The lowest BCUT2D eigenvalue weighted by molar-refractivity contribution is 0.313. The first kappa shape index (κ1) is 20.7. The van der Waals surface area contributed by atoms with Crippen molar-refractivity contribution in [1.29, 1.82) is 0 Å². The minimum atomic E-state index is 0.290. The molecule has 2 aromatic heterocycles. The first-order chi connectivity index (χ1) is 15.6. The Hall–Kier alpha value is -3.17. The van der Waals surface area contributed by atoms with Gasteiger partial charge in [0.15, 0.2) is 0 Å². The second kappa shape index (κ2) is 8.76. The number of benzene rings is 1. The molecule has 0 bridgehead atoms. The van der Waals surface area contributed by atoms with E-state index in [0.717, 1.165) is 61.3 Å². The molecule has 0 radical (unpaired) electrons. The summed E-state index contributed by atoms with van der Waals surface area (Å²) in [6.07, 6.45) is 8.24. The number of nitrogen functional groups attached to an aromatic ring is 1. The Bertz CT molecular complexity index is 1070. The van der Waals surface area contributed by atoms with E-state index in [0.29, 0.717) is 17.5 Å². The van der Waals surface area contributed by atoms with Crippen molar-refractivity contribution in [3.05, 3.63) is 36.7 Å². The van der Waals surface area contributed by atoms with Crippen LogP contribution in [0.4, 0.5) is 28.8 Å². The lowest BCUT2D eigenvalue weighted by Gasteiger charge is -2.33. The van der Waals surface area contributed by atoms with Gasteiger partial charge in [0.2, 0.25) is 5.95 Å². The van der Waals surface area contributed by atoms with Crippen LogP contribution in [0.2, 0.25) is 0 Å². The van der Waals surface area contributed by atoms with E-state index in [2.05, 4.69) is 38.2 Å². The highest BCUT2D eigenvalue weighted by atomic mass is 15.4. The number of nitrogens with zero attached hydrogens (tertiary/aromatic N) is 6. The number of aromatic nitrogens is 3. The average molecular weight is 434 g/mol. The summed E-state index contributed by atoms with van der Waals surface area (Å²) < 4.78 is 0. The molecule has 0 spiro atoms. The van der Waals surface area contributed by atoms with Crippen LogP contribution in [-0.2, 0) is 0 Å². The number of anilines is 5. The number of nitrogens with two attached hydrogens (primary N) is 2. The SMILES string of the molecule is CN1CCN(c2ccc(Nc3ncc4ccc(N)c(N(N)C5CCCC5)c4n3)nc2)CC1. The normalized spacial score (nSPS) is 17.8. The van der Waals surface area contributed by atoms with Gasteiger partial charge in [0.05, 0.1) is 17.6 Å². The molecular formula is C23H31N9. The van der Waals surface area contributed by atoms with E-state index < -0.39 is 0 Å². The zero-order valence-corrected chi connectivity index (χ0v) is 18.5. The lowest BCUT2D eigenvalue weighted by Crippen LogP contribution is -2.44. The second-order valence-electron chi connectivity index (χ2n) is 8.80. The molecule has 5 N–H and O–H groups in total. The van der Waals surface area contributed by atoms with Crippen molar-refractivity contribution in [2.24, 2.45) is 5.84 Å². The van der Waals surface area contributed by atoms with E-state index in [9.17, 15) is 0 Å². The number of rotatable bonds is 5. The lowest BCUT2D eigenvalue weighted by atomic mass is 10.1. The van der Waals surface area contributed by atoms with Crippen molar-refractivity contribution in [3.63, 3.8) is 0 Å². The van der Waals surface area contributed by atoms with E-state index in [-0.39, 0.29) is 6.04 Å². The third kappa shape index (κ3) is 4.13. The fourth-order valence-corrected chi connectivity index (χ4v) is 4.62. The van der Waals surface area contributed by atoms with Crippen LogP contribution >= 0.6 is 0 Å². The molecule has 0 unspecified atom stereocenters. The molecule has 168 valence electrons. The summed E-state index contributed by atoms with van der Waals surface area (Å²) in [5, 5.41) is 5.95. The van der Waals surface area contributed by atoms with Crippen LogP contribution in [0, 0.1) is 0 Å². The van der Waals surface area contributed by atoms with Gasteiger partial charge in [-0.15, -0.1) is 0 Å². The minimum absolute atomic E-state index is 0.290. The Balaban J connectivity index is 1.38. The summed E-state index contributed by atoms with van der Waals surface area (Å²) in [6.45, 7) is 4.16. The van der Waals surface area contributed by atoms with Gasteiger partial charge in [-0.05, 0) is 44.2 Å². The van der Waals surface area contributed by atoms with Gasteiger partial charge in [0, 0.05) is 43.8 Å². The Morgan fingerprint density at radius 2 is 1.78 bits per heavy atom. The molecule has 2 fully saturated rings. The summed E-state index contributed by atoms with van der Waals surface area (Å²) in [5.41, 5.74) is 9.63. The van der Waals surface area contributed by atoms with Crippen molar-refractivity contribution >= 4 is 39.7 Å². The third-order valence-electron chi connectivity index (χ3n) is 6.59. The quantitative estimate of drug-likeness (QED) is 0.317. The highest BCUT2D eigenvalue weighted by Gasteiger charge is 2.24. The first-order valence-electron chi connectivity index (χ1n) is 11.3. The molecule has 3 aromatic rings. The van der Waals surface area contributed by atoms with Crippen LogP contribution in [0.3, 0.4) is 0 Å². The zero-order valence-electron chi connectivity index (χ0n) is 18.5. The molecule has 1 saturated carbocycles. The molecule has 0 amide bonds. The van der Waals surface area contributed by atoms with E-state index in [1.54, 1.807) is 6.20 Å². The van der Waals surface area contributed by atoms with Gasteiger partial charge < -0.3 is 25.9 Å². The highest BCUT2D eigenvalue weighted by molar-refractivity contribution is 5.97. The van der Waals surface area contributed by atoms with Gasteiger partial charge in [-0.3, -0.25) is 0 Å². The molecule has 1 aliphatic heterocycles. The number of piperazine rings is 1. The van der Waals surface area contributed by atoms with E-state index in [1.165, 1.54) is 12.8 Å². The largest absolute Gasteiger partial charge is 0.397 e. The van der Waals surface area contributed by atoms with Gasteiger partial charge in [-0.1, -0.05) is 12.8 Å². The predicted octanol–water partition coefficient (Wildman–Crippen LogP) is 2.73. The molecule has 1 aliphatic carbocycles. The number of hydrogen-bond donors (Lipinski definition) is 3. The molecule has 9 nitrogen and oxygen atoms in total. The molecule has 9 heteroatoms. The topological polar surface area (TPSA) is 112 Å². The first-order valence-corrected chi connectivity index (χ1v) is 11.3. The van der Waals surface area contributed by atoms with Crippen LogP contribution < -0.4 is 26.8 Å². The maximum Gasteiger partial charge on any atom is 0.228 e. The standard InChI is InChI=1S/C23H31N9/c1-30-10-12-31(13-11-30)18-7-9-20(26-15-18)28-23-27-14-16-6-8-19(24)22(21(16)29-23)32(25)17-4-2-3-5-17/h6-9,14-15,17H,2-5,10-13,24-25H2,1H3,(H,26,27,28,29). The van der Waals surface area contributed by atoms with Crippen molar-refractivity contribution in [3.8, 4) is 0 Å². The fraction of sp³-hybridized carbons (Fsp3) is 0.435. The van der Waals surface area contributed by atoms with Crippen molar-refractivity contribution in [2.45, 2.75) is 31.7 Å². The smallest absolute Gasteiger partial charge is 0.228 e. The van der Waals surface area contributed by atoms with Crippen molar-refractivity contribution < 1.29 is 0 Å².